The van der Waals surface area contributed by atoms with Gasteiger partial charge in [-0.1, -0.05) is 47.5 Å². The molecule has 7 heteroatoms. The SMILES string of the molecule is CCOC(=O)[C@H](C1CC1)N1C(=O)CO[C@H](c2ccc(Cl)cc2)[C@@H]1c1ccc(Cl)cc1. The summed E-state index contributed by atoms with van der Waals surface area (Å²) >= 11 is 12.2. The van der Waals surface area contributed by atoms with Crippen LogP contribution in [0.5, 0.6) is 0 Å². The zero-order valence-electron chi connectivity index (χ0n) is 16.6. The van der Waals surface area contributed by atoms with Crippen molar-refractivity contribution >= 4 is 35.1 Å². The molecule has 1 aliphatic carbocycles. The third-order valence-electron chi connectivity index (χ3n) is 5.57. The highest BCUT2D eigenvalue weighted by Gasteiger charge is 2.50. The Morgan fingerprint density at radius 1 is 1.07 bits per heavy atom. The molecule has 0 spiro atoms. The zero-order valence-corrected chi connectivity index (χ0v) is 18.1. The Kier molecular flexibility index (Phi) is 6.32. The van der Waals surface area contributed by atoms with E-state index in [9.17, 15) is 9.59 Å². The van der Waals surface area contributed by atoms with Crippen molar-refractivity contribution in [2.45, 2.75) is 38.0 Å². The molecule has 0 radical (unpaired) electrons. The number of nitrogens with zero attached hydrogens (tertiary/aromatic N) is 1. The van der Waals surface area contributed by atoms with E-state index in [1.807, 2.05) is 24.3 Å². The number of benzene rings is 2. The number of carbonyl (C=O) groups is 2. The lowest BCUT2D eigenvalue weighted by molar-refractivity contribution is -0.174. The van der Waals surface area contributed by atoms with Gasteiger partial charge in [0.2, 0.25) is 5.91 Å². The number of hydrogen-bond acceptors (Lipinski definition) is 4. The monoisotopic (exact) mass is 447 g/mol. The Labute approximate surface area is 185 Å². The largest absolute Gasteiger partial charge is 0.464 e. The van der Waals surface area contributed by atoms with E-state index in [4.69, 9.17) is 32.7 Å². The third-order valence-corrected chi connectivity index (χ3v) is 6.07. The second kappa shape index (κ2) is 8.96. The van der Waals surface area contributed by atoms with Crippen molar-refractivity contribution < 1.29 is 19.1 Å². The molecule has 0 aromatic heterocycles. The summed E-state index contributed by atoms with van der Waals surface area (Å²) in [6, 6.07) is 13.6. The molecule has 158 valence electrons. The molecule has 0 bridgehead atoms. The molecule has 3 atom stereocenters. The van der Waals surface area contributed by atoms with Crippen molar-refractivity contribution in [2.24, 2.45) is 5.92 Å². The van der Waals surface area contributed by atoms with Crippen LogP contribution in [-0.4, -0.2) is 36.0 Å². The van der Waals surface area contributed by atoms with Crippen LogP contribution in [0.25, 0.3) is 0 Å². The van der Waals surface area contributed by atoms with Gasteiger partial charge >= 0.3 is 5.97 Å². The fraction of sp³-hybridized carbons (Fsp3) is 0.391. The molecule has 1 amide bonds. The lowest BCUT2D eigenvalue weighted by atomic mass is 9.90. The van der Waals surface area contributed by atoms with E-state index in [1.165, 1.54) is 0 Å². The molecule has 2 aromatic rings. The highest BCUT2D eigenvalue weighted by atomic mass is 35.5. The van der Waals surface area contributed by atoms with Gasteiger partial charge in [0.25, 0.3) is 0 Å². The third kappa shape index (κ3) is 4.34. The molecule has 2 aromatic carbocycles. The van der Waals surface area contributed by atoms with Gasteiger partial charge in [0.15, 0.2) is 0 Å². The molecule has 1 saturated carbocycles. The first-order valence-electron chi connectivity index (χ1n) is 10.1. The Hall–Kier alpha value is -2.08. The number of rotatable bonds is 6. The van der Waals surface area contributed by atoms with Crippen LogP contribution in [0, 0.1) is 5.92 Å². The molecule has 30 heavy (non-hydrogen) atoms. The van der Waals surface area contributed by atoms with Crippen LogP contribution in [0.3, 0.4) is 0 Å². The number of morpholine rings is 1. The van der Waals surface area contributed by atoms with Crippen molar-refractivity contribution in [2.75, 3.05) is 13.2 Å². The van der Waals surface area contributed by atoms with Gasteiger partial charge in [-0.15, -0.1) is 0 Å². The van der Waals surface area contributed by atoms with E-state index in [0.717, 1.165) is 24.0 Å². The summed E-state index contributed by atoms with van der Waals surface area (Å²) in [6.45, 7) is 1.95. The zero-order chi connectivity index (χ0) is 21.3. The van der Waals surface area contributed by atoms with Gasteiger partial charge in [-0.05, 0) is 61.1 Å². The van der Waals surface area contributed by atoms with E-state index < -0.39 is 18.2 Å². The summed E-state index contributed by atoms with van der Waals surface area (Å²) in [4.78, 5) is 27.7. The van der Waals surface area contributed by atoms with Crippen LogP contribution >= 0.6 is 23.2 Å². The van der Waals surface area contributed by atoms with Crippen molar-refractivity contribution in [3.05, 3.63) is 69.7 Å². The standard InChI is InChI=1S/C23H23Cl2NO4/c1-2-29-23(28)21(15-3-4-15)26-19(27)13-30-22(16-7-11-18(25)12-8-16)20(26)14-5-9-17(24)10-6-14/h5-12,15,20-22H,2-4,13H2,1H3/t20-,21-,22+/m0/s1. The van der Waals surface area contributed by atoms with Crippen LogP contribution in [0.1, 0.15) is 43.0 Å². The Morgan fingerprint density at radius 3 is 2.17 bits per heavy atom. The molecule has 4 rings (SSSR count). The fourth-order valence-electron chi connectivity index (χ4n) is 4.05. The first kappa shape index (κ1) is 21.2. The quantitative estimate of drug-likeness (QED) is 0.586. The average molecular weight is 448 g/mol. The van der Waals surface area contributed by atoms with E-state index in [1.54, 1.807) is 36.1 Å². The molecule has 0 unspecified atom stereocenters. The van der Waals surface area contributed by atoms with Gasteiger partial charge < -0.3 is 14.4 Å². The summed E-state index contributed by atoms with van der Waals surface area (Å²) in [5.41, 5.74) is 1.73. The molecule has 1 aliphatic heterocycles. The smallest absolute Gasteiger partial charge is 0.329 e. The molecular formula is C23H23Cl2NO4. The van der Waals surface area contributed by atoms with Gasteiger partial charge in [-0.3, -0.25) is 4.79 Å². The van der Waals surface area contributed by atoms with E-state index in [2.05, 4.69) is 0 Å². The van der Waals surface area contributed by atoms with Gasteiger partial charge in [0.05, 0.1) is 12.6 Å². The number of amides is 1. The molecule has 0 N–H and O–H groups in total. The maximum Gasteiger partial charge on any atom is 0.329 e. The van der Waals surface area contributed by atoms with Crippen molar-refractivity contribution in [1.29, 1.82) is 0 Å². The predicted molar refractivity (Wildman–Crippen MR) is 114 cm³/mol. The molecule has 1 saturated heterocycles. The van der Waals surface area contributed by atoms with Crippen LogP contribution in [0.2, 0.25) is 10.0 Å². The lowest BCUT2D eigenvalue weighted by Gasteiger charge is -2.44. The van der Waals surface area contributed by atoms with Crippen molar-refractivity contribution in [1.82, 2.24) is 4.90 Å². The highest BCUT2D eigenvalue weighted by Crippen LogP contribution is 2.46. The number of ether oxygens (including phenoxy) is 2. The van der Waals surface area contributed by atoms with E-state index in [0.29, 0.717) is 10.0 Å². The Balaban J connectivity index is 1.80. The summed E-state index contributed by atoms with van der Waals surface area (Å²) in [6.07, 6.45) is 1.34. The van der Waals surface area contributed by atoms with Gasteiger partial charge in [-0.2, -0.15) is 0 Å². The van der Waals surface area contributed by atoms with Gasteiger partial charge in [0.1, 0.15) is 18.8 Å². The highest BCUT2D eigenvalue weighted by molar-refractivity contribution is 6.30. The fourth-order valence-corrected chi connectivity index (χ4v) is 4.31. The summed E-state index contributed by atoms with van der Waals surface area (Å²) in [7, 11) is 0. The number of hydrogen-bond donors (Lipinski definition) is 0. The average Bonchev–Trinajstić information content (AvgIpc) is 3.56. The molecule has 2 fully saturated rings. The summed E-state index contributed by atoms with van der Waals surface area (Å²) < 4.78 is 11.4. The minimum absolute atomic E-state index is 0.0972. The normalized spacial score (nSPS) is 22.6. The number of carbonyl (C=O) groups excluding carboxylic acids is 2. The molecule has 1 heterocycles. The lowest BCUT2D eigenvalue weighted by Crippen LogP contribution is -2.54. The van der Waals surface area contributed by atoms with Crippen LogP contribution in [0.4, 0.5) is 0 Å². The minimum atomic E-state index is -0.628. The Morgan fingerprint density at radius 2 is 1.63 bits per heavy atom. The second-order valence-corrected chi connectivity index (χ2v) is 8.49. The van der Waals surface area contributed by atoms with Gasteiger partial charge in [0, 0.05) is 10.0 Å². The van der Waals surface area contributed by atoms with Crippen LogP contribution < -0.4 is 0 Å². The first-order chi connectivity index (χ1) is 14.5. The second-order valence-electron chi connectivity index (χ2n) is 7.61. The predicted octanol–water partition coefficient (Wildman–Crippen LogP) is 4.98. The van der Waals surface area contributed by atoms with Crippen LogP contribution in [-0.2, 0) is 19.1 Å². The minimum Gasteiger partial charge on any atom is -0.464 e. The van der Waals surface area contributed by atoms with Crippen molar-refractivity contribution in [3.8, 4) is 0 Å². The maximum absolute atomic E-state index is 13.1. The van der Waals surface area contributed by atoms with Crippen molar-refractivity contribution in [3.63, 3.8) is 0 Å². The number of esters is 1. The summed E-state index contributed by atoms with van der Waals surface area (Å²) in [5, 5.41) is 1.22. The number of halogens is 2. The molecule has 5 nitrogen and oxygen atoms in total. The van der Waals surface area contributed by atoms with E-state index in [-0.39, 0.29) is 31.0 Å². The van der Waals surface area contributed by atoms with Gasteiger partial charge in [-0.25, -0.2) is 4.79 Å². The van der Waals surface area contributed by atoms with E-state index >= 15 is 0 Å². The Bertz CT molecular complexity index is 912. The first-order valence-corrected chi connectivity index (χ1v) is 10.9. The topological polar surface area (TPSA) is 55.8 Å². The summed E-state index contributed by atoms with van der Waals surface area (Å²) in [5.74, 6) is -0.471. The molecule has 2 aliphatic rings. The van der Waals surface area contributed by atoms with Crippen LogP contribution in [0.15, 0.2) is 48.5 Å². The molecular weight excluding hydrogens is 425 g/mol. The maximum atomic E-state index is 13.1.